The normalized spacial score (nSPS) is 10.2. The average molecular weight is 342 g/mol. The van der Waals surface area contributed by atoms with E-state index in [0.717, 1.165) is 11.3 Å². The van der Waals surface area contributed by atoms with Crippen LogP contribution in [0.25, 0.3) is 0 Å². The summed E-state index contributed by atoms with van der Waals surface area (Å²) < 4.78 is 0. The number of hydrogen-bond acceptors (Lipinski definition) is 3. The molecule has 0 aliphatic carbocycles. The second-order valence-electron chi connectivity index (χ2n) is 5.26. The van der Waals surface area contributed by atoms with E-state index in [-0.39, 0.29) is 11.8 Å². The number of rotatable bonds is 8. The molecule has 0 fully saturated rings. The van der Waals surface area contributed by atoms with Crippen LogP contribution in [0, 0.1) is 0 Å². The van der Waals surface area contributed by atoms with Crippen molar-refractivity contribution in [2.24, 2.45) is 0 Å². The number of anilines is 1. The lowest BCUT2D eigenvalue weighted by Gasteiger charge is -2.11. The van der Waals surface area contributed by atoms with Crippen LogP contribution in [0.15, 0.2) is 59.5 Å². The maximum absolute atomic E-state index is 12.1. The van der Waals surface area contributed by atoms with Crippen molar-refractivity contribution in [3.63, 3.8) is 0 Å². The van der Waals surface area contributed by atoms with Crippen LogP contribution in [0.5, 0.6) is 0 Å². The summed E-state index contributed by atoms with van der Waals surface area (Å²) in [6, 6.07) is 17.1. The minimum atomic E-state index is -0.161. The summed E-state index contributed by atoms with van der Waals surface area (Å²) in [5.74, 6) is 0.445. The molecular weight excluding hydrogens is 320 g/mol. The van der Waals surface area contributed by atoms with Crippen LogP contribution in [-0.2, 0) is 4.79 Å². The molecule has 126 valence electrons. The molecule has 2 aromatic rings. The van der Waals surface area contributed by atoms with Crippen LogP contribution in [0.4, 0.5) is 5.69 Å². The maximum Gasteiger partial charge on any atom is 0.253 e. The van der Waals surface area contributed by atoms with Gasteiger partial charge in [0.1, 0.15) is 0 Å². The zero-order valence-electron chi connectivity index (χ0n) is 13.7. The van der Waals surface area contributed by atoms with E-state index in [2.05, 4.69) is 10.6 Å². The monoisotopic (exact) mass is 342 g/mol. The number of nitrogens with one attached hydrogen (secondary N) is 2. The largest absolute Gasteiger partial charge is 0.352 e. The lowest BCUT2D eigenvalue weighted by Crippen LogP contribution is -2.25. The van der Waals surface area contributed by atoms with E-state index in [1.165, 1.54) is 0 Å². The van der Waals surface area contributed by atoms with Gasteiger partial charge in [-0.3, -0.25) is 9.59 Å². The smallest absolute Gasteiger partial charge is 0.253 e. The molecule has 0 aromatic heterocycles. The standard InChI is InChI=1S/C19H22N2O2S/c1-2-13-20-19(23)16-10-6-7-11-17(16)21-18(22)12-14-24-15-8-4-3-5-9-15/h3-11H,2,12-14H2,1H3,(H,20,23)(H,21,22). The van der Waals surface area contributed by atoms with E-state index in [0.29, 0.717) is 30.0 Å². The van der Waals surface area contributed by atoms with Gasteiger partial charge >= 0.3 is 0 Å². The van der Waals surface area contributed by atoms with Gasteiger partial charge in [0, 0.05) is 23.6 Å². The summed E-state index contributed by atoms with van der Waals surface area (Å²) in [6.45, 7) is 2.62. The summed E-state index contributed by atoms with van der Waals surface area (Å²) >= 11 is 1.64. The van der Waals surface area contributed by atoms with Crippen LogP contribution in [0.1, 0.15) is 30.1 Å². The molecule has 0 atom stereocenters. The zero-order valence-corrected chi connectivity index (χ0v) is 14.6. The predicted molar refractivity (Wildman–Crippen MR) is 99.5 cm³/mol. The maximum atomic E-state index is 12.1. The Morgan fingerprint density at radius 2 is 1.71 bits per heavy atom. The Morgan fingerprint density at radius 3 is 2.46 bits per heavy atom. The highest BCUT2D eigenvalue weighted by molar-refractivity contribution is 7.99. The van der Waals surface area contributed by atoms with Crippen LogP contribution < -0.4 is 10.6 Å². The highest BCUT2D eigenvalue weighted by Gasteiger charge is 2.12. The van der Waals surface area contributed by atoms with Crippen molar-refractivity contribution >= 4 is 29.3 Å². The molecule has 0 saturated heterocycles. The summed E-state index contributed by atoms with van der Waals surface area (Å²) in [6.07, 6.45) is 1.27. The second kappa shape index (κ2) is 9.78. The molecule has 2 N–H and O–H groups in total. The fourth-order valence-corrected chi connectivity index (χ4v) is 2.99. The minimum Gasteiger partial charge on any atom is -0.352 e. The second-order valence-corrected chi connectivity index (χ2v) is 6.43. The van der Waals surface area contributed by atoms with Crippen molar-refractivity contribution in [1.29, 1.82) is 0 Å². The number of hydrogen-bond donors (Lipinski definition) is 2. The van der Waals surface area contributed by atoms with E-state index in [9.17, 15) is 9.59 Å². The molecular formula is C19H22N2O2S. The molecule has 0 aliphatic rings. The quantitative estimate of drug-likeness (QED) is 0.714. The Balaban J connectivity index is 1.88. The molecule has 5 heteroatoms. The van der Waals surface area contributed by atoms with Crippen LogP contribution in [-0.4, -0.2) is 24.1 Å². The highest BCUT2D eigenvalue weighted by atomic mass is 32.2. The zero-order chi connectivity index (χ0) is 17.2. The first-order valence-corrected chi connectivity index (χ1v) is 9.04. The van der Waals surface area contributed by atoms with Crippen molar-refractivity contribution in [3.8, 4) is 0 Å². The molecule has 0 spiro atoms. The Bertz CT molecular complexity index is 674. The van der Waals surface area contributed by atoms with Crippen LogP contribution in [0.2, 0.25) is 0 Å². The summed E-state index contributed by atoms with van der Waals surface area (Å²) in [7, 11) is 0. The lowest BCUT2D eigenvalue weighted by molar-refractivity contribution is -0.115. The molecule has 24 heavy (non-hydrogen) atoms. The van der Waals surface area contributed by atoms with Crippen molar-refractivity contribution in [2.45, 2.75) is 24.7 Å². The van der Waals surface area contributed by atoms with Crippen molar-refractivity contribution in [2.75, 3.05) is 17.6 Å². The van der Waals surface area contributed by atoms with Gasteiger partial charge in [-0.25, -0.2) is 0 Å². The van der Waals surface area contributed by atoms with E-state index in [1.54, 1.807) is 30.0 Å². The van der Waals surface area contributed by atoms with Crippen molar-refractivity contribution in [1.82, 2.24) is 5.32 Å². The van der Waals surface area contributed by atoms with E-state index < -0.39 is 0 Å². The van der Waals surface area contributed by atoms with Gasteiger partial charge in [0.2, 0.25) is 5.91 Å². The average Bonchev–Trinajstić information content (AvgIpc) is 2.61. The van der Waals surface area contributed by atoms with Gasteiger partial charge < -0.3 is 10.6 Å². The number of benzene rings is 2. The Hall–Kier alpha value is -2.27. The fourth-order valence-electron chi connectivity index (χ4n) is 2.11. The summed E-state index contributed by atoms with van der Waals surface area (Å²) in [5, 5.41) is 5.67. The third-order valence-electron chi connectivity index (χ3n) is 3.32. The Kier molecular flexibility index (Phi) is 7.36. The summed E-state index contributed by atoms with van der Waals surface area (Å²) in [5.41, 5.74) is 1.05. The highest BCUT2D eigenvalue weighted by Crippen LogP contribution is 2.19. The molecule has 0 radical (unpaired) electrons. The fraction of sp³-hybridized carbons (Fsp3) is 0.263. The number of amides is 2. The molecule has 0 saturated carbocycles. The molecule has 0 unspecified atom stereocenters. The first kappa shape index (κ1) is 18.1. The van der Waals surface area contributed by atoms with E-state index in [1.807, 2.05) is 43.3 Å². The van der Waals surface area contributed by atoms with Crippen LogP contribution >= 0.6 is 11.8 Å². The van der Waals surface area contributed by atoms with Crippen LogP contribution in [0.3, 0.4) is 0 Å². The third-order valence-corrected chi connectivity index (χ3v) is 4.34. The SMILES string of the molecule is CCCNC(=O)c1ccccc1NC(=O)CCSc1ccccc1. The molecule has 2 rings (SSSR count). The Labute approximate surface area is 147 Å². The third kappa shape index (κ3) is 5.74. The topological polar surface area (TPSA) is 58.2 Å². The Morgan fingerprint density at radius 1 is 1.00 bits per heavy atom. The molecule has 2 aromatic carbocycles. The van der Waals surface area contributed by atoms with Gasteiger partial charge in [-0.1, -0.05) is 37.3 Å². The minimum absolute atomic E-state index is 0.0887. The molecule has 4 nitrogen and oxygen atoms in total. The number of carbonyl (C=O) groups is 2. The lowest BCUT2D eigenvalue weighted by atomic mass is 10.1. The molecule has 0 aliphatic heterocycles. The first-order valence-electron chi connectivity index (χ1n) is 8.05. The molecule has 2 amide bonds. The van der Waals surface area contributed by atoms with Gasteiger partial charge in [-0.05, 0) is 30.7 Å². The van der Waals surface area contributed by atoms with Gasteiger partial charge in [-0.15, -0.1) is 11.8 Å². The first-order chi connectivity index (χ1) is 11.7. The van der Waals surface area contributed by atoms with E-state index >= 15 is 0 Å². The van der Waals surface area contributed by atoms with Crippen molar-refractivity contribution in [3.05, 3.63) is 60.2 Å². The van der Waals surface area contributed by atoms with Crippen molar-refractivity contribution < 1.29 is 9.59 Å². The summed E-state index contributed by atoms with van der Waals surface area (Å²) in [4.78, 5) is 25.4. The van der Waals surface area contributed by atoms with Gasteiger partial charge in [-0.2, -0.15) is 0 Å². The molecule has 0 bridgehead atoms. The van der Waals surface area contributed by atoms with Gasteiger partial charge in [0.15, 0.2) is 0 Å². The number of carbonyl (C=O) groups excluding carboxylic acids is 2. The molecule has 0 heterocycles. The van der Waals surface area contributed by atoms with E-state index in [4.69, 9.17) is 0 Å². The number of thioether (sulfide) groups is 1. The van der Waals surface area contributed by atoms with Gasteiger partial charge in [0.25, 0.3) is 5.91 Å². The van der Waals surface area contributed by atoms with Gasteiger partial charge in [0.05, 0.1) is 11.3 Å². The predicted octanol–water partition coefficient (Wildman–Crippen LogP) is 3.95. The number of para-hydroxylation sites is 1.